The molecule has 0 aliphatic carbocycles. The van der Waals surface area contributed by atoms with Gasteiger partial charge in [0.05, 0.1) is 10.2 Å². The van der Waals surface area contributed by atoms with Crippen molar-refractivity contribution in [3.8, 4) is 10.4 Å². The standard InChI is InChI=1S/C13H13N5S/c1-7-10-12(13(18-15)17-6-16-10)19-11(7)8-2-4-9(14)5-3-8/h2-6H,14-15H2,1H3,(H,16,17,18). The average molecular weight is 271 g/mol. The molecule has 0 aliphatic heterocycles. The van der Waals surface area contributed by atoms with E-state index in [1.807, 2.05) is 24.3 Å². The van der Waals surface area contributed by atoms with E-state index in [9.17, 15) is 0 Å². The highest BCUT2D eigenvalue weighted by Gasteiger charge is 2.14. The van der Waals surface area contributed by atoms with Crippen LogP contribution in [0, 0.1) is 6.92 Å². The first-order valence-electron chi connectivity index (χ1n) is 5.77. The second-order valence-corrected chi connectivity index (χ2v) is 5.24. The number of nitrogens with two attached hydrogens (primary N) is 2. The third-order valence-electron chi connectivity index (χ3n) is 3.01. The van der Waals surface area contributed by atoms with Crippen LogP contribution in [-0.2, 0) is 0 Å². The summed E-state index contributed by atoms with van der Waals surface area (Å²) < 4.78 is 0.967. The zero-order chi connectivity index (χ0) is 13.4. The van der Waals surface area contributed by atoms with Gasteiger partial charge in [0.2, 0.25) is 0 Å². The summed E-state index contributed by atoms with van der Waals surface area (Å²) in [6.07, 6.45) is 1.52. The van der Waals surface area contributed by atoms with Crippen molar-refractivity contribution in [2.24, 2.45) is 5.84 Å². The van der Waals surface area contributed by atoms with Crippen molar-refractivity contribution >= 4 is 33.1 Å². The molecule has 3 aromatic rings. The predicted octanol–water partition coefficient (Wildman–Crippen LogP) is 2.53. The number of nitrogens with one attached hydrogen (secondary N) is 1. The van der Waals surface area contributed by atoms with Gasteiger partial charge in [0.25, 0.3) is 0 Å². The van der Waals surface area contributed by atoms with Gasteiger partial charge in [0.15, 0.2) is 5.82 Å². The van der Waals surface area contributed by atoms with Crippen LogP contribution in [0.1, 0.15) is 5.56 Å². The van der Waals surface area contributed by atoms with E-state index >= 15 is 0 Å². The molecule has 3 rings (SSSR count). The number of hydrazine groups is 1. The molecule has 0 spiro atoms. The molecule has 0 unspecified atom stereocenters. The summed E-state index contributed by atoms with van der Waals surface area (Å²) in [7, 11) is 0. The number of benzene rings is 1. The van der Waals surface area contributed by atoms with Gasteiger partial charge >= 0.3 is 0 Å². The van der Waals surface area contributed by atoms with Gasteiger partial charge in [-0.05, 0) is 30.2 Å². The first-order valence-corrected chi connectivity index (χ1v) is 6.59. The minimum Gasteiger partial charge on any atom is -0.399 e. The number of fused-ring (bicyclic) bond motifs is 1. The van der Waals surface area contributed by atoms with E-state index in [0.717, 1.165) is 31.9 Å². The molecule has 0 radical (unpaired) electrons. The molecule has 1 aromatic carbocycles. The fourth-order valence-electron chi connectivity index (χ4n) is 2.04. The Morgan fingerprint density at radius 3 is 2.58 bits per heavy atom. The van der Waals surface area contributed by atoms with E-state index in [2.05, 4.69) is 22.3 Å². The molecule has 0 saturated carbocycles. The van der Waals surface area contributed by atoms with Gasteiger partial charge in [-0.1, -0.05) is 12.1 Å². The van der Waals surface area contributed by atoms with Gasteiger partial charge in [0.1, 0.15) is 6.33 Å². The molecule has 19 heavy (non-hydrogen) atoms. The van der Waals surface area contributed by atoms with Crippen LogP contribution in [-0.4, -0.2) is 9.97 Å². The summed E-state index contributed by atoms with van der Waals surface area (Å²) in [6, 6.07) is 7.81. The van der Waals surface area contributed by atoms with Crippen LogP contribution >= 0.6 is 11.3 Å². The zero-order valence-corrected chi connectivity index (χ0v) is 11.2. The van der Waals surface area contributed by atoms with Crippen LogP contribution in [0.5, 0.6) is 0 Å². The van der Waals surface area contributed by atoms with Crippen LogP contribution in [0.3, 0.4) is 0 Å². The molecule has 6 heteroatoms. The fourth-order valence-corrected chi connectivity index (χ4v) is 3.26. The summed E-state index contributed by atoms with van der Waals surface area (Å²) in [6.45, 7) is 2.05. The Morgan fingerprint density at radius 1 is 1.16 bits per heavy atom. The largest absolute Gasteiger partial charge is 0.399 e. The molecule has 0 fully saturated rings. The molecule has 0 aliphatic rings. The predicted molar refractivity (Wildman–Crippen MR) is 79.8 cm³/mol. The first kappa shape index (κ1) is 11.9. The first-order chi connectivity index (χ1) is 9.20. The van der Waals surface area contributed by atoms with Crippen molar-refractivity contribution in [1.82, 2.24) is 9.97 Å². The number of nitrogens with zero attached hydrogens (tertiary/aromatic N) is 2. The van der Waals surface area contributed by atoms with Crippen molar-refractivity contribution in [3.05, 3.63) is 36.2 Å². The van der Waals surface area contributed by atoms with Gasteiger partial charge < -0.3 is 11.2 Å². The smallest absolute Gasteiger partial charge is 0.161 e. The molecule has 2 heterocycles. The van der Waals surface area contributed by atoms with Crippen molar-refractivity contribution < 1.29 is 0 Å². The molecule has 5 nitrogen and oxygen atoms in total. The lowest BCUT2D eigenvalue weighted by Crippen LogP contribution is -2.08. The number of anilines is 2. The van der Waals surface area contributed by atoms with Crippen LogP contribution < -0.4 is 17.0 Å². The van der Waals surface area contributed by atoms with Crippen molar-refractivity contribution in [2.45, 2.75) is 6.92 Å². The summed E-state index contributed by atoms with van der Waals surface area (Å²) in [5.41, 5.74) is 12.3. The Hall–Kier alpha value is -2.18. The molecule has 96 valence electrons. The highest BCUT2D eigenvalue weighted by atomic mass is 32.1. The van der Waals surface area contributed by atoms with Crippen LogP contribution in [0.15, 0.2) is 30.6 Å². The third-order valence-corrected chi connectivity index (χ3v) is 4.35. The van der Waals surface area contributed by atoms with Crippen molar-refractivity contribution in [2.75, 3.05) is 11.2 Å². The number of hydrogen-bond acceptors (Lipinski definition) is 6. The minimum atomic E-state index is 0.653. The lowest BCUT2D eigenvalue weighted by atomic mass is 10.1. The normalized spacial score (nSPS) is 10.8. The van der Waals surface area contributed by atoms with Crippen LogP contribution in [0.2, 0.25) is 0 Å². The highest BCUT2D eigenvalue weighted by molar-refractivity contribution is 7.23. The van der Waals surface area contributed by atoms with E-state index in [1.165, 1.54) is 6.33 Å². The Kier molecular flexibility index (Phi) is 2.81. The molecule has 5 N–H and O–H groups in total. The topological polar surface area (TPSA) is 89.8 Å². The van der Waals surface area contributed by atoms with Gasteiger partial charge in [-0.3, -0.25) is 0 Å². The summed E-state index contributed by atoms with van der Waals surface area (Å²) in [4.78, 5) is 9.62. The molecule has 0 saturated heterocycles. The summed E-state index contributed by atoms with van der Waals surface area (Å²) in [5.74, 6) is 6.14. The molecular weight excluding hydrogens is 258 g/mol. The maximum absolute atomic E-state index is 5.72. The number of rotatable bonds is 2. The number of hydrogen-bond donors (Lipinski definition) is 3. The fraction of sp³-hybridized carbons (Fsp3) is 0.0769. The quantitative estimate of drug-likeness (QED) is 0.378. The molecule has 2 aromatic heterocycles. The SMILES string of the molecule is Cc1c(-c2ccc(N)cc2)sc2c(NN)ncnc12. The Bertz CT molecular complexity index is 733. The minimum absolute atomic E-state index is 0.653. The number of nitrogen functional groups attached to an aromatic ring is 2. The average Bonchev–Trinajstić information content (AvgIpc) is 2.77. The number of aryl methyl sites for hydroxylation is 1. The van der Waals surface area contributed by atoms with Gasteiger partial charge in [-0.15, -0.1) is 11.3 Å². The zero-order valence-electron chi connectivity index (χ0n) is 10.3. The van der Waals surface area contributed by atoms with Crippen LogP contribution in [0.25, 0.3) is 20.7 Å². The molecule has 0 bridgehead atoms. The lowest BCUT2D eigenvalue weighted by Gasteiger charge is -2.00. The van der Waals surface area contributed by atoms with Gasteiger partial charge in [-0.2, -0.15) is 0 Å². The van der Waals surface area contributed by atoms with Gasteiger partial charge in [-0.25, -0.2) is 15.8 Å². The maximum Gasteiger partial charge on any atom is 0.161 e. The molecular formula is C13H13N5S. The van der Waals surface area contributed by atoms with E-state index in [4.69, 9.17) is 11.6 Å². The third kappa shape index (κ3) is 1.91. The highest BCUT2D eigenvalue weighted by Crippen LogP contribution is 2.39. The Balaban J connectivity index is 2.25. The second kappa shape index (κ2) is 4.49. The lowest BCUT2D eigenvalue weighted by molar-refractivity contribution is 1.18. The summed E-state index contributed by atoms with van der Waals surface area (Å²) in [5, 5.41) is 0. The maximum atomic E-state index is 5.72. The van der Waals surface area contributed by atoms with Crippen molar-refractivity contribution in [3.63, 3.8) is 0 Å². The number of aromatic nitrogens is 2. The van der Waals surface area contributed by atoms with E-state index in [1.54, 1.807) is 11.3 Å². The van der Waals surface area contributed by atoms with Gasteiger partial charge in [0, 0.05) is 10.6 Å². The van der Waals surface area contributed by atoms with E-state index < -0.39 is 0 Å². The number of thiophene rings is 1. The molecule has 0 amide bonds. The van der Waals surface area contributed by atoms with E-state index in [0.29, 0.717) is 5.82 Å². The summed E-state index contributed by atoms with van der Waals surface area (Å²) >= 11 is 1.63. The molecule has 0 atom stereocenters. The second-order valence-electron chi connectivity index (χ2n) is 4.22. The van der Waals surface area contributed by atoms with Crippen LogP contribution in [0.4, 0.5) is 11.5 Å². The monoisotopic (exact) mass is 271 g/mol. The Morgan fingerprint density at radius 2 is 1.89 bits per heavy atom. The van der Waals surface area contributed by atoms with Crippen molar-refractivity contribution in [1.29, 1.82) is 0 Å². The Labute approximate surface area is 114 Å². The van der Waals surface area contributed by atoms with E-state index in [-0.39, 0.29) is 0 Å².